The van der Waals surface area contributed by atoms with Crippen molar-refractivity contribution in [3.63, 3.8) is 0 Å². The van der Waals surface area contributed by atoms with Crippen molar-refractivity contribution >= 4 is 40.8 Å². The lowest BCUT2D eigenvalue weighted by Gasteiger charge is -2.14. The summed E-state index contributed by atoms with van der Waals surface area (Å²) in [7, 11) is 1.27. The fourth-order valence-corrected chi connectivity index (χ4v) is 1.54. The predicted octanol–water partition coefficient (Wildman–Crippen LogP) is 2.39. The van der Waals surface area contributed by atoms with Gasteiger partial charge in [-0.15, -0.1) is 34.8 Å². The zero-order valence-corrected chi connectivity index (χ0v) is 9.16. The van der Waals surface area contributed by atoms with E-state index in [4.69, 9.17) is 34.8 Å². The first-order chi connectivity index (χ1) is 5.49. The van der Waals surface area contributed by atoms with Crippen molar-refractivity contribution in [2.24, 2.45) is 0 Å². The van der Waals surface area contributed by atoms with E-state index in [1.54, 1.807) is 6.92 Å². The van der Waals surface area contributed by atoms with Crippen molar-refractivity contribution in [2.75, 3.05) is 7.11 Å². The first-order valence-electron chi connectivity index (χ1n) is 3.49. The Bertz CT molecular complexity index is 150. The van der Waals surface area contributed by atoms with Crippen LogP contribution in [-0.2, 0) is 9.53 Å². The van der Waals surface area contributed by atoms with Crippen LogP contribution >= 0.6 is 34.8 Å². The molecule has 0 spiro atoms. The third kappa shape index (κ3) is 4.39. The van der Waals surface area contributed by atoms with Gasteiger partial charge in [-0.05, 0) is 13.3 Å². The Morgan fingerprint density at radius 3 is 2.25 bits per heavy atom. The van der Waals surface area contributed by atoms with Crippen molar-refractivity contribution in [3.05, 3.63) is 0 Å². The topological polar surface area (TPSA) is 26.3 Å². The molecule has 0 radical (unpaired) electrons. The summed E-state index contributed by atoms with van der Waals surface area (Å²) in [4.78, 5) is 10.9. The predicted molar refractivity (Wildman–Crippen MR) is 51.2 cm³/mol. The highest BCUT2D eigenvalue weighted by Gasteiger charge is 2.26. The number of rotatable bonds is 4. The Kier molecular flexibility index (Phi) is 6.06. The summed E-state index contributed by atoms with van der Waals surface area (Å²) in [6, 6.07) is 0. The highest BCUT2D eigenvalue weighted by Crippen LogP contribution is 2.19. The maximum Gasteiger partial charge on any atom is 0.325 e. The summed E-state index contributed by atoms with van der Waals surface area (Å²) < 4.78 is 4.42. The number of hydrogen-bond acceptors (Lipinski definition) is 2. The van der Waals surface area contributed by atoms with E-state index in [9.17, 15) is 4.79 Å². The van der Waals surface area contributed by atoms with Crippen LogP contribution in [0.5, 0.6) is 0 Å². The smallest absolute Gasteiger partial charge is 0.325 e. The monoisotopic (exact) mass is 232 g/mol. The van der Waals surface area contributed by atoms with Crippen molar-refractivity contribution in [1.29, 1.82) is 0 Å². The van der Waals surface area contributed by atoms with Gasteiger partial charge >= 0.3 is 5.97 Å². The molecular formula is C7H11Cl3O2. The van der Waals surface area contributed by atoms with Crippen LogP contribution in [-0.4, -0.2) is 29.2 Å². The molecule has 0 rings (SSSR count). The molecule has 0 bridgehead atoms. The summed E-state index contributed by atoms with van der Waals surface area (Å²) in [5, 5.41) is -1.40. The number of halogens is 3. The molecule has 0 aliphatic heterocycles. The number of alkyl halides is 3. The molecule has 0 amide bonds. The molecule has 5 heteroatoms. The van der Waals surface area contributed by atoms with Gasteiger partial charge in [0.15, 0.2) is 0 Å². The summed E-state index contributed by atoms with van der Waals surface area (Å²) in [6.07, 6.45) is 0.479. The minimum atomic E-state index is -0.821. The molecule has 0 saturated heterocycles. The van der Waals surface area contributed by atoms with Crippen LogP contribution in [0.4, 0.5) is 0 Å². The summed E-state index contributed by atoms with van der Waals surface area (Å²) in [5.74, 6) is -0.519. The number of hydrogen-bond donors (Lipinski definition) is 0. The van der Waals surface area contributed by atoms with Crippen molar-refractivity contribution < 1.29 is 9.53 Å². The third-order valence-corrected chi connectivity index (χ3v) is 2.51. The maximum atomic E-state index is 10.9. The van der Waals surface area contributed by atoms with E-state index in [1.807, 2.05) is 0 Å². The number of carbonyl (C=O) groups is 1. The van der Waals surface area contributed by atoms with Crippen molar-refractivity contribution in [2.45, 2.75) is 29.5 Å². The van der Waals surface area contributed by atoms with Gasteiger partial charge < -0.3 is 4.74 Å². The molecule has 0 fully saturated rings. The van der Waals surface area contributed by atoms with Crippen molar-refractivity contribution in [3.8, 4) is 0 Å². The van der Waals surface area contributed by atoms with Crippen LogP contribution in [0.25, 0.3) is 0 Å². The Hall–Kier alpha value is 0.340. The first-order valence-corrected chi connectivity index (χ1v) is 4.80. The van der Waals surface area contributed by atoms with Crippen LogP contribution in [0.1, 0.15) is 13.3 Å². The highest BCUT2D eigenvalue weighted by atomic mass is 35.5. The second kappa shape index (κ2) is 5.90. The molecule has 0 aliphatic rings. The average molecular weight is 234 g/mol. The lowest BCUT2D eigenvalue weighted by Crippen LogP contribution is -2.27. The van der Waals surface area contributed by atoms with E-state index in [0.29, 0.717) is 6.42 Å². The molecule has 0 saturated carbocycles. The molecule has 12 heavy (non-hydrogen) atoms. The van der Waals surface area contributed by atoms with E-state index in [0.717, 1.165) is 0 Å². The van der Waals surface area contributed by atoms with Crippen LogP contribution in [0.2, 0.25) is 0 Å². The summed E-state index contributed by atoms with van der Waals surface area (Å²) in [5.41, 5.74) is 0. The van der Waals surface area contributed by atoms with E-state index in [2.05, 4.69) is 4.74 Å². The third-order valence-electron chi connectivity index (χ3n) is 1.29. The average Bonchev–Trinajstić information content (AvgIpc) is 2.00. The second-order valence-electron chi connectivity index (χ2n) is 2.46. The van der Waals surface area contributed by atoms with Gasteiger partial charge in [0.05, 0.1) is 12.5 Å². The van der Waals surface area contributed by atoms with Gasteiger partial charge in [-0.25, -0.2) is 0 Å². The molecule has 3 unspecified atom stereocenters. The normalized spacial score (nSPS) is 18.1. The molecule has 0 aromatic heterocycles. The lowest BCUT2D eigenvalue weighted by molar-refractivity contribution is -0.140. The van der Waals surface area contributed by atoms with Gasteiger partial charge in [0.25, 0.3) is 0 Å². The maximum absolute atomic E-state index is 10.9. The standard InChI is InChI=1S/C7H11Cl3O2/c1-4(8)3-5(9)6(10)7(11)12-2/h4-6H,3H2,1-2H3. The van der Waals surface area contributed by atoms with Crippen LogP contribution in [0.15, 0.2) is 0 Å². The zero-order valence-electron chi connectivity index (χ0n) is 6.89. The summed E-state index contributed by atoms with van der Waals surface area (Å²) in [6.45, 7) is 1.79. The molecule has 0 heterocycles. The largest absolute Gasteiger partial charge is 0.468 e. The van der Waals surface area contributed by atoms with Crippen LogP contribution in [0.3, 0.4) is 0 Å². The van der Waals surface area contributed by atoms with Gasteiger partial charge in [0.2, 0.25) is 0 Å². The number of carbonyl (C=O) groups excluding carboxylic acids is 1. The van der Waals surface area contributed by atoms with E-state index >= 15 is 0 Å². The Labute approximate surface area is 87.1 Å². The zero-order chi connectivity index (χ0) is 9.72. The number of ether oxygens (including phenoxy) is 1. The lowest BCUT2D eigenvalue weighted by atomic mass is 10.2. The Balaban J connectivity index is 3.91. The number of methoxy groups -OCH3 is 1. The molecule has 0 aromatic rings. The molecule has 72 valence electrons. The molecule has 2 nitrogen and oxygen atoms in total. The molecule has 0 N–H and O–H groups in total. The van der Waals surface area contributed by atoms with Crippen LogP contribution < -0.4 is 0 Å². The second-order valence-corrected chi connectivity index (χ2v) is 4.23. The minimum Gasteiger partial charge on any atom is -0.468 e. The minimum absolute atomic E-state index is 0.0987. The first kappa shape index (κ1) is 12.3. The fourth-order valence-electron chi connectivity index (χ4n) is 0.690. The van der Waals surface area contributed by atoms with Crippen molar-refractivity contribution in [1.82, 2.24) is 0 Å². The molecule has 0 aliphatic carbocycles. The SMILES string of the molecule is COC(=O)C(Cl)C(Cl)CC(C)Cl. The molecule has 0 aromatic carbocycles. The molecular weight excluding hydrogens is 222 g/mol. The fraction of sp³-hybridized carbons (Fsp3) is 0.857. The number of esters is 1. The quantitative estimate of drug-likeness (QED) is 0.550. The summed E-state index contributed by atoms with van der Waals surface area (Å²) >= 11 is 17.1. The van der Waals surface area contributed by atoms with Gasteiger partial charge in [-0.3, -0.25) is 4.79 Å². The van der Waals surface area contributed by atoms with Gasteiger partial charge in [-0.2, -0.15) is 0 Å². The van der Waals surface area contributed by atoms with E-state index < -0.39 is 16.7 Å². The van der Waals surface area contributed by atoms with Gasteiger partial charge in [0.1, 0.15) is 5.38 Å². The van der Waals surface area contributed by atoms with E-state index in [1.165, 1.54) is 7.11 Å². The molecule has 3 atom stereocenters. The Morgan fingerprint density at radius 1 is 1.42 bits per heavy atom. The van der Waals surface area contributed by atoms with Gasteiger partial charge in [0, 0.05) is 5.38 Å². The van der Waals surface area contributed by atoms with Gasteiger partial charge in [-0.1, -0.05) is 0 Å². The highest BCUT2D eigenvalue weighted by molar-refractivity contribution is 6.37. The van der Waals surface area contributed by atoms with Crippen LogP contribution in [0, 0.1) is 0 Å². The van der Waals surface area contributed by atoms with E-state index in [-0.39, 0.29) is 5.38 Å². The Morgan fingerprint density at radius 2 is 1.92 bits per heavy atom.